The number of hydrogen-bond acceptors (Lipinski definition) is 5. The average molecular weight is 475 g/mol. The van der Waals surface area contributed by atoms with Crippen molar-refractivity contribution in [3.63, 3.8) is 0 Å². The summed E-state index contributed by atoms with van der Waals surface area (Å²) >= 11 is 0. The van der Waals surface area contributed by atoms with Gasteiger partial charge in [-0.3, -0.25) is 5.32 Å². The van der Waals surface area contributed by atoms with Gasteiger partial charge in [-0.05, 0) is 36.2 Å². The van der Waals surface area contributed by atoms with Crippen LogP contribution in [0.4, 0.5) is 5.82 Å². The van der Waals surface area contributed by atoms with E-state index in [0.717, 1.165) is 39.3 Å². The minimum Gasteiger partial charge on any atom is -0.423 e. The highest BCUT2D eigenvalue weighted by Gasteiger charge is 2.41. The molecule has 3 aromatic carbocycles. The van der Waals surface area contributed by atoms with E-state index in [1.54, 1.807) is 16.7 Å². The topological polar surface area (TPSA) is 76.1 Å². The SMILES string of the molecule is Cc1ccc(-c2c[n+]3c(c(Cc4ccccc4)n2)NC(Cc2ccc4oc(=O)ccc4c2)C3=O)cc1. The van der Waals surface area contributed by atoms with Crippen molar-refractivity contribution in [2.45, 2.75) is 25.8 Å². The first-order valence-corrected chi connectivity index (χ1v) is 11.9. The highest BCUT2D eigenvalue weighted by molar-refractivity contribution is 5.83. The van der Waals surface area contributed by atoms with Crippen molar-refractivity contribution in [2.24, 2.45) is 0 Å². The lowest BCUT2D eigenvalue weighted by Crippen LogP contribution is -2.44. The lowest BCUT2D eigenvalue weighted by Gasteiger charge is -2.07. The Morgan fingerprint density at radius 3 is 2.53 bits per heavy atom. The molecule has 1 atom stereocenters. The van der Waals surface area contributed by atoms with Gasteiger partial charge in [-0.15, -0.1) is 0 Å². The monoisotopic (exact) mass is 474 g/mol. The van der Waals surface area contributed by atoms with Gasteiger partial charge in [0.1, 0.15) is 23.2 Å². The fraction of sp³-hybridized carbons (Fsp3) is 0.133. The first kappa shape index (κ1) is 21.9. The molecule has 1 N–H and O–H groups in total. The molecule has 6 rings (SSSR count). The zero-order chi connectivity index (χ0) is 24.6. The number of carbonyl (C=O) groups excluding carboxylic acids is 1. The van der Waals surface area contributed by atoms with Crippen LogP contribution in [-0.2, 0) is 12.8 Å². The molecular formula is C30H24N3O3+. The van der Waals surface area contributed by atoms with E-state index in [4.69, 9.17) is 9.40 Å². The Hall–Kier alpha value is -4.58. The first-order valence-electron chi connectivity index (χ1n) is 11.9. The van der Waals surface area contributed by atoms with Gasteiger partial charge in [0.15, 0.2) is 6.04 Å². The van der Waals surface area contributed by atoms with E-state index in [-0.39, 0.29) is 11.5 Å². The second-order valence-electron chi connectivity index (χ2n) is 9.19. The van der Waals surface area contributed by atoms with Gasteiger partial charge in [0.2, 0.25) is 0 Å². The number of aryl methyl sites for hydroxylation is 1. The Labute approximate surface area is 207 Å². The number of rotatable bonds is 5. The number of fused-ring (bicyclic) bond motifs is 2. The average Bonchev–Trinajstić information content (AvgIpc) is 3.20. The van der Waals surface area contributed by atoms with E-state index < -0.39 is 6.04 Å². The van der Waals surface area contributed by atoms with E-state index in [1.165, 1.54) is 11.6 Å². The standard InChI is InChI=1S/C30H23N3O3/c1-19-7-10-22(11-8-19)26-18-33-29(24(31-26)16-20-5-3-2-4-6-20)32-25(30(33)35)17-21-9-13-27-23(15-21)12-14-28(34)36-27/h2-15,18,25H,16-17H2,1H3/p+1. The van der Waals surface area contributed by atoms with Crippen LogP contribution in [0.15, 0.2) is 100 Å². The molecule has 0 amide bonds. The molecule has 0 saturated heterocycles. The van der Waals surface area contributed by atoms with Crippen LogP contribution in [0.3, 0.4) is 0 Å². The number of hydrogen-bond donors (Lipinski definition) is 1. The molecule has 36 heavy (non-hydrogen) atoms. The largest absolute Gasteiger partial charge is 0.423 e. The number of benzene rings is 3. The molecule has 0 spiro atoms. The summed E-state index contributed by atoms with van der Waals surface area (Å²) < 4.78 is 6.96. The molecule has 6 heteroatoms. The Balaban J connectivity index is 1.37. The van der Waals surface area contributed by atoms with Gasteiger partial charge in [0, 0.05) is 29.9 Å². The summed E-state index contributed by atoms with van der Waals surface area (Å²) in [6, 6.07) is 26.7. The molecule has 1 aliphatic rings. The maximum Gasteiger partial charge on any atom is 0.359 e. The second-order valence-corrected chi connectivity index (χ2v) is 9.19. The summed E-state index contributed by atoms with van der Waals surface area (Å²) in [7, 11) is 0. The van der Waals surface area contributed by atoms with Gasteiger partial charge in [0.25, 0.3) is 0 Å². The Morgan fingerprint density at radius 1 is 0.917 bits per heavy atom. The highest BCUT2D eigenvalue weighted by Crippen LogP contribution is 2.26. The molecule has 1 unspecified atom stereocenters. The summed E-state index contributed by atoms with van der Waals surface area (Å²) in [6.45, 7) is 2.05. The zero-order valence-electron chi connectivity index (χ0n) is 19.8. The fourth-order valence-corrected chi connectivity index (χ4v) is 4.67. The van der Waals surface area contributed by atoms with Crippen molar-refractivity contribution in [2.75, 3.05) is 5.32 Å². The molecule has 6 nitrogen and oxygen atoms in total. The molecule has 0 fully saturated rings. The van der Waals surface area contributed by atoms with Crippen LogP contribution in [0.1, 0.15) is 27.2 Å². The van der Waals surface area contributed by atoms with E-state index in [2.05, 4.69) is 29.6 Å². The van der Waals surface area contributed by atoms with Crippen molar-refractivity contribution in [1.82, 2.24) is 4.98 Å². The zero-order valence-corrected chi connectivity index (χ0v) is 19.8. The lowest BCUT2D eigenvalue weighted by molar-refractivity contribution is -0.552. The van der Waals surface area contributed by atoms with E-state index in [9.17, 15) is 9.59 Å². The Morgan fingerprint density at radius 2 is 1.72 bits per heavy atom. The minimum absolute atomic E-state index is 0.0187. The number of nitrogens with zero attached hydrogens (tertiary/aromatic N) is 2. The number of anilines is 1. The highest BCUT2D eigenvalue weighted by atomic mass is 16.4. The van der Waals surface area contributed by atoms with Crippen molar-refractivity contribution in [3.8, 4) is 11.3 Å². The maximum atomic E-state index is 13.6. The van der Waals surface area contributed by atoms with Crippen LogP contribution < -0.4 is 15.5 Å². The van der Waals surface area contributed by atoms with Gasteiger partial charge in [-0.2, -0.15) is 4.57 Å². The number of nitrogens with one attached hydrogen (secondary N) is 1. The summed E-state index contributed by atoms with van der Waals surface area (Å²) in [5.41, 5.74) is 6.00. The van der Waals surface area contributed by atoms with Gasteiger partial charge >= 0.3 is 17.4 Å². The summed E-state index contributed by atoms with van der Waals surface area (Å²) in [5.74, 6) is 0.714. The summed E-state index contributed by atoms with van der Waals surface area (Å²) in [4.78, 5) is 30.0. The van der Waals surface area contributed by atoms with Gasteiger partial charge in [-0.25, -0.2) is 14.6 Å². The molecular weight excluding hydrogens is 450 g/mol. The van der Waals surface area contributed by atoms with Gasteiger partial charge in [0.05, 0.1) is 0 Å². The number of carbonyl (C=O) groups is 1. The molecule has 2 aromatic heterocycles. The second kappa shape index (κ2) is 8.89. The van der Waals surface area contributed by atoms with Crippen LogP contribution >= 0.6 is 0 Å². The van der Waals surface area contributed by atoms with Crippen molar-refractivity contribution >= 4 is 22.7 Å². The molecule has 0 aliphatic carbocycles. The third-order valence-corrected chi connectivity index (χ3v) is 6.55. The quantitative estimate of drug-likeness (QED) is 0.295. The van der Waals surface area contributed by atoms with Crippen molar-refractivity contribution < 1.29 is 13.8 Å². The molecule has 1 aliphatic heterocycles. The van der Waals surface area contributed by atoms with Gasteiger partial charge < -0.3 is 4.42 Å². The first-order chi connectivity index (χ1) is 17.5. The van der Waals surface area contributed by atoms with Crippen LogP contribution in [0.25, 0.3) is 22.2 Å². The smallest absolute Gasteiger partial charge is 0.359 e. The molecule has 0 saturated carbocycles. The molecule has 3 heterocycles. The summed E-state index contributed by atoms with van der Waals surface area (Å²) in [6.07, 6.45) is 2.94. The summed E-state index contributed by atoms with van der Waals surface area (Å²) in [5, 5.41) is 4.27. The van der Waals surface area contributed by atoms with Crippen LogP contribution in [0.2, 0.25) is 0 Å². The van der Waals surface area contributed by atoms with Gasteiger partial charge in [-0.1, -0.05) is 66.2 Å². The third kappa shape index (κ3) is 4.18. The molecule has 5 aromatic rings. The normalized spacial score (nSPS) is 14.6. The predicted octanol–water partition coefficient (Wildman–Crippen LogP) is 4.72. The van der Waals surface area contributed by atoms with Crippen LogP contribution in [0, 0.1) is 6.92 Å². The molecule has 0 bridgehead atoms. The Kier molecular flexibility index (Phi) is 5.41. The van der Waals surface area contributed by atoms with Crippen molar-refractivity contribution in [1.29, 1.82) is 0 Å². The fourth-order valence-electron chi connectivity index (χ4n) is 4.67. The van der Waals surface area contributed by atoms with E-state index >= 15 is 0 Å². The molecule has 176 valence electrons. The Bertz CT molecular complexity index is 1660. The third-order valence-electron chi connectivity index (χ3n) is 6.55. The van der Waals surface area contributed by atoms with Crippen LogP contribution in [-0.4, -0.2) is 16.9 Å². The minimum atomic E-state index is -0.428. The van der Waals surface area contributed by atoms with E-state index in [0.29, 0.717) is 18.4 Å². The van der Waals surface area contributed by atoms with E-state index in [1.807, 2.05) is 55.6 Å². The lowest BCUT2D eigenvalue weighted by atomic mass is 10.0. The van der Waals surface area contributed by atoms with Crippen molar-refractivity contribution in [3.05, 3.63) is 124 Å². The predicted molar refractivity (Wildman–Crippen MR) is 138 cm³/mol. The van der Waals surface area contributed by atoms with Crippen LogP contribution in [0.5, 0.6) is 0 Å². The number of aromatic nitrogens is 2. The maximum absolute atomic E-state index is 13.6. The molecule has 0 radical (unpaired) electrons.